The molecule has 5 rings (SSSR count). The molecule has 4 amide bonds. The van der Waals surface area contributed by atoms with Crippen LogP contribution in [0.3, 0.4) is 0 Å². The maximum absolute atomic E-state index is 13.8. The number of ether oxygens (including phenoxy) is 1. The summed E-state index contributed by atoms with van der Waals surface area (Å²) in [6.07, 6.45) is 3.37. The largest absolute Gasteiger partial charge is 0.504 e. The molecule has 2 N–H and O–H groups in total. The Morgan fingerprint density at radius 2 is 1.80 bits per heavy atom. The Bertz CT molecular complexity index is 1360. The smallest absolute Gasteiger partial charge is 0.303 e. The highest BCUT2D eigenvalue weighted by Crippen LogP contribution is 2.66. The van der Waals surface area contributed by atoms with Crippen LogP contribution >= 0.6 is 23.2 Å². The van der Waals surface area contributed by atoms with Crippen LogP contribution in [0, 0.1) is 17.8 Å². The lowest BCUT2D eigenvalue weighted by Gasteiger charge is -2.50. The number of likely N-dealkylation sites (tertiary alicyclic amines) is 2. The number of unbranched alkanes of at least 4 members (excludes halogenated alkanes) is 2. The zero-order valence-corrected chi connectivity index (χ0v) is 24.3. The van der Waals surface area contributed by atoms with E-state index in [0.717, 1.165) is 4.90 Å². The molecule has 4 aliphatic rings. The van der Waals surface area contributed by atoms with Gasteiger partial charge in [-0.3, -0.25) is 33.8 Å². The average Bonchev–Trinajstić information content (AvgIpc) is 3.25. The molecule has 1 saturated carbocycles. The van der Waals surface area contributed by atoms with Gasteiger partial charge in [-0.1, -0.05) is 30.2 Å². The van der Waals surface area contributed by atoms with E-state index in [4.69, 9.17) is 33.0 Å². The lowest BCUT2D eigenvalue weighted by atomic mass is 9.56. The number of imide groups is 2. The van der Waals surface area contributed by atoms with Gasteiger partial charge in [0.2, 0.25) is 11.8 Å². The summed E-state index contributed by atoms with van der Waals surface area (Å²) < 4.78 is 5.58. The molecule has 1 aromatic rings. The number of phenols is 1. The van der Waals surface area contributed by atoms with Crippen molar-refractivity contribution in [1.82, 2.24) is 9.80 Å². The predicted octanol–water partition coefficient (Wildman–Crippen LogP) is 3.42. The molecule has 10 nitrogen and oxygen atoms in total. The number of hydrogen-bond acceptors (Lipinski definition) is 7. The van der Waals surface area contributed by atoms with Crippen LogP contribution in [-0.2, 0) is 24.0 Å². The quantitative estimate of drug-likeness (QED) is 0.188. The van der Waals surface area contributed by atoms with Crippen molar-refractivity contribution in [3.05, 3.63) is 35.4 Å². The van der Waals surface area contributed by atoms with Crippen LogP contribution in [0.1, 0.15) is 56.9 Å². The third-order valence-corrected chi connectivity index (χ3v) is 10.4. The number of nitrogens with zero attached hydrogens (tertiary/aromatic N) is 2. The summed E-state index contributed by atoms with van der Waals surface area (Å²) in [5, 5.41) is 20.1. The van der Waals surface area contributed by atoms with Crippen LogP contribution in [0.25, 0.3) is 0 Å². The number of amides is 4. The molecule has 12 heteroatoms. The molecule has 2 aliphatic carbocycles. The van der Waals surface area contributed by atoms with E-state index in [1.54, 1.807) is 25.1 Å². The Hall–Kier alpha value is -3.11. The van der Waals surface area contributed by atoms with Crippen LogP contribution in [0.2, 0.25) is 0 Å². The number of carbonyl (C=O) groups excluding carboxylic acids is 4. The van der Waals surface area contributed by atoms with Crippen LogP contribution in [0.4, 0.5) is 0 Å². The minimum atomic E-state index is -1.99. The number of halogens is 2. The van der Waals surface area contributed by atoms with Crippen molar-refractivity contribution in [2.45, 2.75) is 61.1 Å². The number of alkyl halides is 2. The van der Waals surface area contributed by atoms with Gasteiger partial charge >= 0.3 is 5.97 Å². The average molecular weight is 607 g/mol. The summed E-state index contributed by atoms with van der Waals surface area (Å²) >= 11 is 14.3. The molecule has 6 unspecified atom stereocenters. The highest BCUT2D eigenvalue weighted by molar-refractivity contribution is 6.53. The molecule has 0 radical (unpaired) electrons. The van der Waals surface area contributed by atoms with Gasteiger partial charge in [-0.15, -0.1) is 23.2 Å². The van der Waals surface area contributed by atoms with E-state index in [2.05, 4.69) is 0 Å². The fraction of sp³-hybridized carbons (Fsp3) is 0.552. The second-order valence-corrected chi connectivity index (χ2v) is 12.4. The van der Waals surface area contributed by atoms with Crippen molar-refractivity contribution < 1.29 is 38.9 Å². The number of phenolic OH excluding ortho intramolecular Hbond substituents is 1. The summed E-state index contributed by atoms with van der Waals surface area (Å²) in [6, 6.07) is 4.82. The highest BCUT2D eigenvalue weighted by atomic mass is 35.5. The van der Waals surface area contributed by atoms with Gasteiger partial charge in [0.05, 0.1) is 18.4 Å². The second kappa shape index (κ2) is 10.6. The summed E-state index contributed by atoms with van der Waals surface area (Å²) in [7, 11) is 1.31. The van der Waals surface area contributed by atoms with Crippen LogP contribution < -0.4 is 4.74 Å². The SMILES string of the molecule is CCOc1cccc(C2C3=CCC4C(=O)N(CCCCCC(=O)O)C(=O)C4C3CC3(Cl)C(=O)N(C)C(=O)C23Cl)c1O. The number of allylic oxidation sites excluding steroid dienone is 2. The number of benzene rings is 1. The van der Waals surface area contributed by atoms with Crippen molar-refractivity contribution in [2.75, 3.05) is 20.2 Å². The fourth-order valence-corrected chi connectivity index (χ4v) is 8.15. The third-order valence-electron chi connectivity index (χ3n) is 9.02. The molecule has 0 aromatic heterocycles. The van der Waals surface area contributed by atoms with E-state index < -0.39 is 51.2 Å². The Morgan fingerprint density at radius 1 is 1.07 bits per heavy atom. The van der Waals surface area contributed by atoms with E-state index >= 15 is 0 Å². The van der Waals surface area contributed by atoms with E-state index in [-0.39, 0.29) is 61.3 Å². The van der Waals surface area contributed by atoms with Gasteiger partial charge in [0.25, 0.3) is 11.8 Å². The minimum absolute atomic E-state index is 0.0143. The van der Waals surface area contributed by atoms with Crippen molar-refractivity contribution in [3.63, 3.8) is 0 Å². The number of aromatic hydroxyl groups is 1. The molecule has 41 heavy (non-hydrogen) atoms. The van der Waals surface area contributed by atoms with Gasteiger partial charge in [-0.05, 0) is 44.6 Å². The van der Waals surface area contributed by atoms with Gasteiger partial charge in [0, 0.05) is 31.5 Å². The fourth-order valence-electron chi connectivity index (χ4n) is 7.14. The lowest BCUT2D eigenvalue weighted by molar-refractivity contribution is -0.141. The Labute approximate surface area is 247 Å². The maximum atomic E-state index is 13.8. The summed E-state index contributed by atoms with van der Waals surface area (Å²) in [5.74, 6) is -6.30. The number of para-hydroxylation sites is 1. The van der Waals surface area contributed by atoms with Crippen LogP contribution in [0.15, 0.2) is 29.8 Å². The molecule has 220 valence electrons. The normalized spacial score (nSPS) is 32.5. The first-order valence-electron chi connectivity index (χ1n) is 13.8. The van der Waals surface area contributed by atoms with Crippen molar-refractivity contribution in [2.24, 2.45) is 17.8 Å². The molecule has 2 heterocycles. The predicted molar refractivity (Wildman–Crippen MR) is 148 cm³/mol. The number of hydrogen-bond donors (Lipinski definition) is 2. The monoisotopic (exact) mass is 606 g/mol. The molecule has 2 aliphatic heterocycles. The zero-order valence-electron chi connectivity index (χ0n) is 22.8. The van der Waals surface area contributed by atoms with Crippen LogP contribution in [0.5, 0.6) is 11.5 Å². The number of carboxylic acids is 1. The Kier molecular flexibility index (Phi) is 7.61. The second-order valence-electron chi connectivity index (χ2n) is 11.2. The number of aliphatic carboxylic acids is 1. The van der Waals surface area contributed by atoms with Gasteiger partial charge in [0.15, 0.2) is 21.2 Å². The molecule has 6 atom stereocenters. The summed E-state index contributed by atoms with van der Waals surface area (Å²) in [5.41, 5.74) is 0.830. The number of fused-ring (bicyclic) bond motifs is 4. The van der Waals surface area contributed by atoms with Crippen molar-refractivity contribution in [1.29, 1.82) is 0 Å². The number of rotatable bonds is 9. The van der Waals surface area contributed by atoms with Crippen LogP contribution in [-0.4, -0.2) is 79.6 Å². The highest BCUT2D eigenvalue weighted by Gasteiger charge is 2.76. The van der Waals surface area contributed by atoms with Gasteiger partial charge in [-0.2, -0.15) is 0 Å². The van der Waals surface area contributed by atoms with Crippen molar-refractivity contribution in [3.8, 4) is 11.5 Å². The van der Waals surface area contributed by atoms with Gasteiger partial charge < -0.3 is 14.9 Å². The Morgan fingerprint density at radius 3 is 2.49 bits per heavy atom. The van der Waals surface area contributed by atoms with Crippen molar-refractivity contribution >= 4 is 52.8 Å². The van der Waals surface area contributed by atoms with E-state index in [0.29, 0.717) is 24.8 Å². The van der Waals surface area contributed by atoms with E-state index in [1.165, 1.54) is 11.9 Å². The molecule has 1 aromatic carbocycles. The van der Waals surface area contributed by atoms with E-state index in [1.807, 2.05) is 6.08 Å². The molecule has 2 saturated heterocycles. The maximum Gasteiger partial charge on any atom is 0.303 e. The molecule has 0 bridgehead atoms. The lowest BCUT2D eigenvalue weighted by Crippen LogP contribution is -2.60. The minimum Gasteiger partial charge on any atom is -0.504 e. The molecular formula is C29H32Cl2N2O8. The topological polar surface area (TPSA) is 142 Å². The number of carboxylic acid groups (broad SMARTS) is 1. The number of carbonyl (C=O) groups is 5. The van der Waals surface area contributed by atoms with E-state index in [9.17, 15) is 29.1 Å². The first kappa shape index (κ1) is 29.4. The Balaban J connectivity index is 1.55. The first-order chi connectivity index (χ1) is 19.4. The standard InChI is InChI=1S/C29H32Cl2N2O8/c1-3-41-19-9-7-8-17(23(19)36)22-15-11-12-16-21(25(38)33(24(16)37)13-6-4-5-10-20(34)35)18(15)14-28(30)26(39)32(2)27(40)29(22,28)31/h7-9,11,16,18,21-22,36H,3-6,10,12-14H2,1-2H3,(H,34,35). The van der Waals surface area contributed by atoms with Gasteiger partial charge in [0.1, 0.15) is 0 Å². The van der Waals surface area contributed by atoms with Gasteiger partial charge in [-0.25, -0.2) is 0 Å². The zero-order chi connectivity index (χ0) is 29.9. The third kappa shape index (κ3) is 4.24. The molecular weight excluding hydrogens is 575 g/mol. The molecule has 0 spiro atoms. The summed E-state index contributed by atoms with van der Waals surface area (Å²) in [6.45, 7) is 2.19. The summed E-state index contributed by atoms with van der Waals surface area (Å²) in [4.78, 5) is 63.4. The first-order valence-corrected chi connectivity index (χ1v) is 14.6. The molecule has 3 fully saturated rings.